The Morgan fingerprint density at radius 2 is 1.56 bits per heavy atom. The molecule has 6 nitrogen and oxygen atoms in total. The molecule has 0 unspecified atom stereocenters. The third kappa shape index (κ3) is 3.49. The van der Waals surface area contributed by atoms with Gasteiger partial charge in [-0.15, -0.1) is 0 Å². The van der Waals surface area contributed by atoms with Crippen LogP contribution in [0.1, 0.15) is 11.1 Å². The number of aromatic nitrogens is 4. The van der Waals surface area contributed by atoms with Crippen LogP contribution in [0.15, 0.2) is 73.3 Å². The third-order valence-corrected chi connectivity index (χ3v) is 3.85. The van der Waals surface area contributed by atoms with Gasteiger partial charge in [-0.1, -0.05) is 60.7 Å². The Balaban J connectivity index is 1.50. The smallest absolute Gasteiger partial charge is 0.181 e. The van der Waals surface area contributed by atoms with Crippen molar-refractivity contribution in [2.75, 3.05) is 5.48 Å². The summed E-state index contributed by atoms with van der Waals surface area (Å²) in [4.78, 5) is 18.6. The van der Waals surface area contributed by atoms with Gasteiger partial charge in [0.15, 0.2) is 17.0 Å². The van der Waals surface area contributed by atoms with Crippen molar-refractivity contribution in [1.29, 1.82) is 0 Å². The van der Waals surface area contributed by atoms with Crippen molar-refractivity contribution < 1.29 is 4.84 Å². The van der Waals surface area contributed by atoms with E-state index in [2.05, 4.69) is 32.6 Å². The fourth-order valence-electron chi connectivity index (χ4n) is 2.61. The van der Waals surface area contributed by atoms with Crippen LogP contribution in [0.2, 0.25) is 0 Å². The van der Waals surface area contributed by atoms with E-state index < -0.39 is 0 Å². The van der Waals surface area contributed by atoms with Gasteiger partial charge in [0, 0.05) is 0 Å². The minimum absolute atomic E-state index is 0.442. The lowest BCUT2D eigenvalue weighted by atomic mass is 10.2. The molecule has 0 fully saturated rings. The first-order valence-electron chi connectivity index (χ1n) is 8.01. The summed E-state index contributed by atoms with van der Waals surface area (Å²) in [5, 5.41) is 0. The number of imidazole rings is 1. The van der Waals surface area contributed by atoms with Crippen molar-refractivity contribution in [3.8, 4) is 0 Å². The predicted octanol–water partition coefficient (Wildman–Crippen LogP) is 3.42. The molecule has 0 aliphatic rings. The maximum Gasteiger partial charge on any atom is 0.181 e. The molecule has 0 aliphatic carbocycles. The Labute approximate surface area is 145 Å². The molecule has 0 atom stereocenters. The molecule has 0 amide bonds. The molecule has 0 saturated carbocycles. The van der Waals surface area contributed by atoms with Crippen LogP contribution in [-0.4, -0.2) is 19.5 Å². The van der Waals surface area contributed by atoms with Gasteiger partial charge in [-0.05, 0) is 11.1 Å². The first-order chi connectivity index (χ1) is 12.4. The number of nitrogens with one attached hydrogen (secondary N) is 1. The Bertz CT molecular complexity index is 953. The van der Waals surface area contributed by atoms with Gasteiger partial charge < -0.3 is 4.57 Å². The fraction of sp³-hybridized carbons (Fsp3) is 0.105. The molecule has 0 radical (unpaired) electrons. The number of hydrogen-bond donors (Lipinski definition) is 1. The zero-order valence-electron chi connectivity index (χ0n) is 13.5. The largest absolute Gasteiger partial charge is 0.311 e. The molecule has 0 spiro atoms. The van der Waals surface area contributed by atoms with Gasteiger partial charge in [0.2, 0.25) is 0 Å². The van der Waals surface area contributed by atoms with Crippen LogP contribution in [0.4, 0.5) is 5.82 Å². The molecule has 0 bridgehead atoms. The van der Waals surface area contributed by atoms with Crippen molar-refractivity contribution in [2.24, 2.45) is 0 Å². The highest BCUT2D eigenvalue weighted by Crippen LogP contribution is 2.18. The molecule has 2 heterocycles. The molecule has 2 aromatic carbocycles. The van der Waals surface area contributed by atoms with Crippen molar-refractivity contribution in [3.63, 3.8) is 0 Å². The van der Waals surface area contributed by atoms with Crippen molar-refractivity contribution in [1.82, 2.24) is 19.5 Å². The van der Waals surface area contributed by atoms with E-state index in [9.17, 15) is 0 Å². The number of fused-ring (bicyclic) bond motifs is 1. The Morgan fingerprint density at radius 1 is 0.840 bits per heavy atom. The topological polar surface area (TPSA) is 64.9 Å². The molecular formula is C19H17N5O. The lowest BCUT2D eigenvalue weighted by Gasteiger charge is -2.07. The molecule has 2 aromatic heterocycles. The molecule has 25 heavy (non-hydrogen) atoms. The minimum Gasteiger partial charge on any atom is -0.311 e. The number of hydrogen-bond acceptors (Lipinski definition) is 5. The minimum atomic E-state index is 0.442. The van der Waals surface area contributed by atoms with Gasteiger partial charge in [-0.25, -0.2) is 20.4 Å². The summed E-state index contributed by atoms with van der Waals surface area (Å²) >= 11 is 0. The maximum absolute atomic E-state index is 5.55. The average Bonchev–Trinajstić information content (AvgIpc) is 3.07. The monoisotopic (exact) mass is 331 g/mol. The third-order valence-electron chi connectivity index (χ3n) is 3.85. The molecule has 124 valence electrons. The number of rotatable bonds is 6. The van der Waals surface area contributed by atoms with Gasteiger partial charge in [-0.2, -0.15) is 0 Å². The molecule has 6 heteroatoms. The normalized spacial score (nSPS) is 10.9. The summed E-state index contributed by atoms with van der Waals surface area (Å²) in [6, 6.07) is 20.2. The first kappa shape index (κ1) is 15.3. The van der Waals surface area contributed by atoms with Crippen LogP contribution in [0.3, 0.4) is 0 Å². The van der Waals surface area contributed by atoms with E-state index in [0.717, 1.165) is 11.2 Å². The van der Waals surface area contributed by atoms with E-state index in [4.69, 9.17) is 4.84 Å². The van der Waals surface area contributed by atoms with Crippen LogP contribution >= 0.6 is 0 Å². The Kier molecular flexibility index (Phi) is 4.35. The highest BCUT2D eigenvalue weighted by atomic mass is 16.6. The molecule has 0 saturated heterocycles. The van der Waals surface area contributed by atoms with E-state index in [-0.39, 0.29) is 0 Å². The molecule has 4 aromatic rings. The van der Waals surface area contributed by atoms with Crippen molar-refractivity contribution in [3.05, 3.63) is 84.4 Å². The van der Waals surface area contributed by atoms with Crippen LogP contribution in [0.5, 0.6) is 0 Å². The highest BCUT2D eigenvalue weighted by Gasteiger charge is 2.10. The second-order valence-electron chi connectivity index (χ2n) is 5.63. The first-order valence-corrected chi connectivity index (χ1v) is 8.01. The van der Waals surface area contributed by atoms with Crippen molar-refractivity contribution in [2.45, 2.75) is 13.2 Å². The Hall–Kier alpha value is -3.25. The van der Waals surface area contributed by atoms with E-state index in [0.29, 0.717) is 24.5 Å². The van der Waals surface area contributed by atoms with E-state index >= 15 is 0 Å². The number of nitrogens with zero attached hydrogens (tertiary/aromatic N) is 4. The lowest BCUT2D eigenvalue weighted by molar-refractivity contribution is 0.179. The summed E-state index contributed by atoms with van der Waals surface area (Å²) in [5.74, 6) is 0.563. The average molecular weight is 331 g/mol. The second kappa shape index (κ2) is 7.11. The van der Waals surface area contributed by atoms with Gasteiger partial charge in [-0.3, -0.25) is 4.84 Å². The quantitative estimate of drug-likeness (QED) is 0.549. The van der Waals surface area contributed by atoms with Gasteiger partial charge in [0.1, 0.15) is 6.33 Å². The maximum atomic E-state index is 5.55. The van der Waals surface area contributed by atoms with E-state index in [1.807, 2.05) is 53.1 Å². The number of benzene rings is 2. The van der Waals surface area contributed by atoms with Crippen LogP contribution in [0, 0.1) is 0 Å². The lowest BCUT2D eigenvalue weighted by Crippen LogP contribution is -2.05. The second-order valence-corrected chi connectivity index (χ2v) is 5.63. The highest BCUT2D eigenvalue weighted by molar-refractivity contribution is 5.82. The molecule has 1 N–H and O–H groups in total. The van der Waals surface area contributed by atoms with Crippen LogP contribution in [-0.2, 0) is 18.0 Å². The molecule has 4 rings (SSSR count). The summed E-state index contributed by atoms with van der Waals surface area (Å²) in [6.07, 6.45) is 3.29. The van der Waals surface area contributed by atoms with Crippen LogP contribution < -0.4 is 5.48 Å². The van der Waals surface area contributed by atoms with Gasteiger partial charge in [0.25, 0.3) is 0 Å². The zero-order chi connectivity index (χ0) is 16.9. The Morgan fingerprint density at radius 3 is 2.32 bits per heavy atom. The van der Waals surface area contributed by atoms with Crippen molar-refractivity contribution >= 4 is 17.0 Å². The summed E-state index contributed by atoms with van der Waals surface area (Å²) < 4.78 is 1.99. The SMILES string of the molecule is c1ccc(CONc2ncnc3c2ncn3Cc2ccccc2)cc1. The van der Waals surface area contributed by atoms with Gasteiger partial charge >= 0.3 is 0 Å². The van der Waals surface area contributed by atoms with E-state index in [1.165, 1.54) is 11.9 Å². The predicted molar refractivity (Wildman–Crippen MR) is 95.7 cm³/mol. The molecular weight excluding hydrogens is 314 g/mol. The molecule has 0 aliphatic heterocycles. The summed E-state index contributed by atoms with van der Waals surface area (Å²) in [5.41, 5.74) is 6.61. The summed E-state index contributed by atoms with van der Waals surface area (Å²) in [6.45, 7) is 1.15. The number of anilines is 1. The van der Waals surface area contributed by atoms with E-state index in [1.54, 1.807) is 6.33 Å². The van der Waals surface area contributed by atoms with Gasteiger partial charge in [0.05, 0.1) is 19.5 Å². The summed E-state index contributed by atoms with van der Waals surface area (Å²) in [7, 11) is 0. The standard InChI is InChI=1S/C19H17N5O/c1-3-7-15(8-4-1)11-24-14-22-17-18(20-13-21-19(17)24)23-25-12-16-9-5-2-6-10-16/h1-10,13-14H,11-12H2,(H,20,21,23). The fourth-order valence-corrected chi connectivity index (χ4v) is 2.61. The zero-order valence-corrected chi connectivity index (χ0v) is 13.5. The van der Waals surface area contributed by atoms with Crippen LogP contribution in [0.25, 0.3) is 11.2 Å².